The first-order chi connectivity index (χ1) is 22.5. The lowest BCUT2D eigenvalue weighted by Gasteiger charge is -2.29. The summed E-state index contributed by atoms with van der Waals surface area (Å²) < 4.78 is 44.7. The minimum atomic E-state index is -3.90. The monoisotopic (exact) mass is 671 g/mol. The van der Waals surface area contributed by atoms with Gasteiger partial charge in [0.05, 0.1) is 25.5 Å². The summed E-state index contributed by atoms with van der Waals surface area (Å²) in [5, 5.41) is 15.3. The van der Waals surface area contributed by atoms with Gasteiger partial charge in [0.25, 0.3) is 5.91 Å². The number of pyridine rings is 1. The minimum Gasteiger partial charge on any atom is -0.497 e. The van der Waals surface area contributed by atoms with E-state index in [1.54, 1.807) is 37.6 Å². The molecule has 15 nitrogen and oxygen atoms in total. The molecule has 2 aliphatic carbocycles. The number of hydrogen-bond donors (Lipinski definition) is 4. The first-order valence-corrected chi connectivity index (χ1v) is 17.1. The van der Waals surface area contributed by atoms with Gasteiger partial charge in [0, 0.05) is 30.5 Å². The summed E-state index contributed by atoms with van der Waals surface area (Å²) in [6, 6.07) is 4.64. The SMILES string of the molecule is COc1ccc2c(OC3CC4C(=O)NC5(C(=O)NS(=O)(=O)C6CC6)CC5/C=C\CCCOCC(NC(=O)O)C(=O)N4C3)nccc2c1. The molecule has 4 aliphatic rings. The van der Waals surface area contributed by atoms with Crippen molar-refractivity contribution in [2.75, 3.05) is 26.9 Å². The van der Waals surface area contributed by atoms with Crippen LogP contribution >= 0.6 is 0 Å². The Morgan fingerprint density at radius 1 is 1.21 bits per heavy atom. The quantitative estimate of drug-likeness (QED) is 0.307. The Morgan fingerprint density at radius 3 is 2.77 bits per heavy atom. The largest absolute Gasteiger partial charge is 0.497 e. The van der Waals surface area contributed by atoms with E-state index in [0.717, 1.165) is 5.39 Å². The van der Waals surface area contributed by atoms with Crippen LogP contribution in [0.2, 0.25) is 0 Å². The van der Waals surface area contributed by atoms with E-state index in [1.165, 1.54) is 4.90 Å². The Hall–Kier alpha value is -4.44. The van der Waals surface area contributed by atoms with Crippen LogP contribution in [0.15, 0.2) is 42.6 Å². The van der Waals surface area contributed by atoms with Gasteiger partial charge in [0.15, 0.2) is 0 Å². The molecule has 16 heteroatoms. The van der Waals surface area contributed by atoms with E-state index in [4.69, 9.17) is 14.2 Å². The van der Waals surface area contributed by atoms with Gasteiger partial charge in [-0.15, -0.1) is 0 Å². The van der Waals surface area contributed by atoms with Crippen molar-refractivity contribution < 1.29 is 46.9 Å². The van der Waals surface area contributed by atoms with Crippen molar-refractivity contribution in [3.8, 4) is 11.6 Å². The smallest absolute Gasteiger partial charge is 0.405 e. The van der Waals surface area contributed by atoms with Gasteiger partial charge in [-0.2, -0.15) is 0 Å². The molecule has 2 aromatic rings. The average molecular weight is 672 g/mol. The van der Waals surface area contributed by atoms with Crippen LogP contribution in [-0.4, -0.2) is 103 Å². The third-order valence-corrected chi connectivity index (χ3v) is 10.8. The number of methoxy groups -OCH3 is 1. The van der Waals surface area contributed by atoms with Crippen molar-refractivity contribution in [3.63, 3.8) is 0 Å². The van der Waals surface area contributed by atoms with Crippen molar-refractivity contribution in [2.45, 2.75) is 67.5 Å². The van der Waals surface area contributed by atoms with E-state index >= 15 is 0 Å². The zero-order valence-electron chi connectivity index (χ0n) is 25.7. The van der Waals surface area contributed by atoms with Gasteiger partial charge in [-0.05, 0) is 61.8 Å². The highest BCUT2D eigenvalue weighted by Crippen LogP contribution is 2.46. The molecule has 0 radical (unpaired) electrons. The van der Waals surface area contributed by atoms with Crippen molar-refractivity contribution in [1.29, 1.82) is 0 Å². The third-order valence-electron chi connectivity index (χ3n) is 8.93. The third kappa shape index (κ3) is 6.98. The standard InChI is InChI=1S/C31H37N5O10S/c1-44-20-6-9-23-18(13-20)10-11-32-27(23)46-21-14-25-26(37)34-31(29(39)35-47(42,43)22-7-8-22)15-19(31)5-3-2-4-12-45-17-24(33-30(40)41)28(38)36(25)16-21/h3,5-6,9-11,13,19,21-22,24-25,33H,2,4,7-8,12,14-17H2,1H3,(H,34,37)(H,35,39)(H,40,41)/b5-3-. The summed E-state index contributed by atoms with van der Waals surface area (Å²) in [5.41, 5.74) is -1.53. The lowest BCUT2D eigenvalue weighted by Crippen LogP contribution is -2.58. The molecule has 4 amide bonds. The Balaban J connectivity index is 1.30. The molecule has 252 valence electrons. The number of benzene rings is 1. The Kier molecular flexibility index (Phi) is 8.98. The fourth-order valence-corrected chi connectivity index (χ4v) is 7.50. The zero-order chi connectivity index (χ0) is 33.3. The molecule has 4 N–H and O–H groups in total. The summed E-state index contributed by atoms with van der Waals surface area (Å²) in [4.78, 5) is 58.6. The van der Waals surface area contributed by atoms with Crippen LogP contribution in [0.4, 0.5) is 4.79 Å². The maximum atomic E-state index is 14.0. The molecule has 0 spiro atoms. The van der Waals surface area contributed by atoms with E-state index in [1.807, 2.05) is 12.1 Å². The minimum absolute atomic E-state index is 0.00891. The number of allylic oxidation sites excluding steroid dienone is 1. The van der Waals surface area contributed by atoms with Crippen LogP contribution in [-0.2, 0) is 29.1 Å². The molecule has 47 heavy (non-hydrogen) atoms. The summed E-state index contributed by atoms with van der Waals surface area (Å²) in [6.45, 7) is -0.122. The zero-order valence-corrected chi connectivity index (χ0v) is 26.5. The Bertz CT molecular complexity index is 1710. The fourth-order valence-electron chi connectivity index (χ4n) is 6.14. The number of aromatic nitrogens is 1. The number of ether oxygens (including phenoxy) is 3. The number of nitrogens with zero attached hydrogens (tertiary/aromatic N) is 2. The highest BCUT2D eigenvalue weighted by atomic mass is 32.2. The van der Waals surface area contributed by atoms with Gasteiger partial charge in [-0.1, -0.05) is 12.2 Å². The van der Waals surface area contributed by atoms with Crippen LogP contribution in [0.25, 0.3) is 10.8 Å². The van der Waals surface area contributed by atoms with Gasteiger partial charge >= 0.3 is 6.09 Å². The van der Waals surface area contributed by atoms with Crippen molar-refractivity contribution in [1.82, 2.24) is 25.2 Å². The number of rotatable bonds is 7. The van der Waals surface area contributed by atoms with Crippen molar-refractivity contribution >= 4 is 44.6 Å². The van der Waals surface area contributed by atoms with Crippen molar-refractivity contribution in [2.24, 2.45) is 5.92 Å². The number of carboxylic acid groups (broad SMARTS) is 1. The van der Waals surface area contributed by atoms with E-state index in [0.29, 0.717) is 36.8 Å². The van der Waals surface area contributed by atoms with E-state index < -0.39 is 68.7 Å². The number of hydrogen-bond acceptors (Lipinski definition) is 10. The Morgan fingerprint density at radius 2 is 2.02 bits per heavy atom. The second kappa shape index (κ2) is 13.0. The lowest BCUT2D eigenvalue weighted by molar-refractivity contribution is -0.142. The number of fused-ring (bicyclic) bond motifs is 3. The molecule has 6 rings (SSSR count). The van der Waals surface area contributed by atoms with E-state index in [9.17, 15) is 32.7 Å². The topological polar surface area (TPSA) is 203 Å². The summed E-state index contributed by atoms with van der Waals surface area (Å²) in [5.74, 6) is -1.79. The molecule has 5 unspecified atom stereocenters. The molecule has 3 fully saturated rings. The van der Waals surface area contributed by atoms with E-state index in [-0.39, 0.29) is 38.5 Å². The predicted octanol–water partition coefficient (Wildman–Crippen LogP) is 1.08. The van der Waals surface area contributed by atoms with Gasteiger partial charge in [-0.25, -0.2) is 18.2 Å². The second-order valence-electron chi connectivity index (χ2n) is 12.3. The number of sulfonamides is 1. The highest BCUT2D eigenvalue weighted by molar-refractivity contribution is 7.91. The van der Waals surface area contributed by atoms with Crippen LogP contribution in [0.3, 0.4) is 0 Å². The molecular weight excluding hydrogens is 634 g/mol. The molecule has 1 aromatic heterocycles. The van der Waals surface area contributed by atoms with Gasteiger partial charge in [0.2, 0.25) is 27.7 Å². The van der Waals surface area contributed by atoms with Gasteiger partial charge in [-0.3, -0.25) is 19.1 Å². The molecule has 1 saturated heterocycles. The lowest BCUT2D eigenvalue weighted by atomic mass is 10.1. The number of carbonyl (C=O) groups excluding carboxylic acids is 3. The molecule has 2 saturated carbocycles. The number of nitrogens with one attached hydrogen (secondary N) is 3. The first-order valence-electron chi connectivity index (χ1n) is 15.5. The maximum Gasteiger partial charge on any atom is 0.405 e. The second-order valence-corrected chi connectivity index (χ2v) is 14.2. The van der Waals surface area contributed by atoms with Crippen LogP contribution in [0.1, 0.15) is 38.5 Å². The fraction of sp³-hybridized carbons (Fsp3) is 0.516. The normalized spacial score (nSPS) is 28.9. The molecular formula is C31H37N5O10S. The summed E-state index contributed by atoms with van der Waals surface area (Å²) in [7, 11) is -2.34. The maximum absolute atomic E-state index is 14.0. The summed E-state index contributed by atoms with van der Waals surface area (Å²) >= 11 is 0. The first kappa shape index (κ1) is 32.5. The molecule has 3 heterocycles. The Labute approximate surface area is 271 Å². The molecule has 5 atom stereocenters. The molecule has 0 bridgehead atoms. The number of carbonyl (C=O) groups is 4. The molecule has 2 aliphatic heterocycles. The van der Waals surface area contributed by atoms with Crippen LogP contribution < -0.4 is 24.8 Å². The van der Waals surface area contributed by atoms with Crippen LogP contribution in [0.5, 0.6) is 11.6 Å². The van der Waals surface area contributed by atoms with Gasteiger partial charge in [0.1, 0.15) is 29.5 Å². The van der Waals surface area contributed by atoms with Crippen LogP contribution in [0, 0.1) is 5.92 Å². The number of amides is 4. The summed E-state index contributed by atoms with van der Waals surface area (Å²) in [6.07, 6.45) is 5.17. The molecule has 1 aromatic carbocycles. The van der Waals surface area contributed by atoms with Crippen molar-refractivity contribution in [3.05, 3.63) is 42.6 Å². The average Bonchev–Trinajstić information content (AvgIpc) is 3.96. The predicted molar refractivity (Wildman–Crippen MR) is 166 cm³/mol. The van der Waals surface area contributed by atoms with Gasteiger partial charge < -0.3 is 34.9 Å². The highest BCUT2D eigenvalue weighted by Gasteiger charge is 2.62. The van der Waals surface area contributed by atoms with E-state index in [2.05, 4.69) is 20.3 Å².